The summed E-state index contributed by atoms with van der Waals surface area (Å²) < 4.78 is 21.7. The maximum atomic E-state index is 10.4. The minimum absolute atomic E-state index is 0. The molecular weight excluding hydrogens is 261 g/mol. The molecule has 0 aliphatic carbocycles. The van der Waals surface area contributed by atoms with Crippen molar-refractivity contribution in [2.75, 3.05) is 0 Å². The summed E-state index contributed by atoms with van der Waals surface area (Å²) in [5, 5.41) is 0. The van der Waals surface area contributed by atoms with Gasteiger partial charge < -0.3 is 4.55 Å². The minimum Gasteiger partial charge on any atom is -0.768 e. The third kappa shape index (κ3) is 3.22. The molecule has 0 saturated heterocycles. The van der Waals surface area contributed by atoms with Crippen LogP contribution < -0.4 is 29.6 Å². The smallest absolute Gasteiger partial charge is 0.768 e. The first-order valence-electron chi connectivity index (χ1n) is 2.33. The standard InChI is InChI=1S/C4H4BrNO2S2.Na/c1-2-3(10(7)8)9-4(5)6-2;/h1H3,(H,7,8);/q;+1/p-1. The molecule has 3 nitrogen and oxygen atoms in total. The molecule has 1 heterocycles. The summed E-state index contributed by atoms with van der Waals surface area (Å²) in [5.74, 6) is 0. The van der Waals surface area contributed by atoms with E-state index in [0.717, 1.165) is 11.3 Å². The number of nitrogens with zero attached hydrogens (tertiary/aromatic N) is 1. The second-order valence-corrected chi connectivity index (χ2v) is 4.99. The summed E-state index contributed by atoms with van der Waals surface area (Å²) >= 11 is 2.06. The summed E-state index contributed by atoms with van der Waals surface area (Å²) in [4.78, 5) is 3.87. The van der Waals surface area contributed by atoms with Gasteiger partial charge in [0.15, 0.2) is 3.92 Å². The Balaban J connectivity index is 0.000001000. The molecule has 1 aromatic rings. The van der Waals surface area contributed by atoms with E-state index in [0.29, 0.717) is 13.8 Å². The van der Waals surface area contributed by atoms with E-state index in [1.807, 2.05) is 0 Å². The van der Waals surface area contributed by atoms with Crippen LogP contribution in [-0.4, -0.2) is 13.7 Å². The number of hydrogen-bond donors (Lipinski definition) is 0. The largest absolute Gasteiger partial charge is 1.00 e. The van der Waals surface area contributed by atoms with Crippen molar-refractivity contribution in [3.05, 3.63) is 9.61 Å². The van der Waals surface area contributed by atoms with E-state index in [1.54, 1.807) is 6.92 Å². The fourth-order valence-electron chi connectivity index (χ4n) is 0.505. The monoisotopic (exact) mass is 263 g/mol. The van der Waals surface area contributed by atoms with E-state index in [-0.39, 0.29) is 29.6 Å². The zero-order valence-electron chi connectivity index (χ0n) is 5.96. The molecule has 0 aliphatic heterocycles. The quantitative estimate of drug-likeness (QED) is 0.456. The van der Waals surface area contributed by atoms with Gasteiger partial charge >= 0.3 is 29.6 Å². The van der Waals surface area contributed by atoms with Crippen LogP contribution in [0.25, 0.3) is 0 Å². The van der Waals surface area contributed by atoms with Gasteiger partial charge in [0.1, 0.15) is 4.21 Å². The number of thiazole rings is 1. The molecule has 0 saturated carbocycles. The SMILES string of the molecule is Cc1nc(Br)sc1S(=O)[O-].[Na+]. The average Bonchev–Trinajstić information content (AvgIpc) is 2.10. The third-order valence-corrected chi connectivity index (χ3v) is 3.54. The number of hydrogen-bond acceptors (Lipinski definition) is 4. The third-order valence-electron chi connectivity index (χ3n) is 0.879. The Morgan fingerprint density at radius 3 is 2.45 bits per heavy atom. The summed E-state index contributed by atoms with van der Waals surface area (Å²) in [6, 6.07) is 0. The maximum Gasteiger partial charge on any atom is 1.00 e. The Hall–Kier alpha value is 1.22. The van der Waals surface area contributed by atoms with E-state index in [1.165, 1.54) is 0 Å². The normalized spacial score (nSPS) is 12.3. The van der Waals surface area contributed by atoms with Crippen molar-refractivity contribution in [3.63, 3.8) is 0 Å². The van der Waals surface area contributed by atoms with Crippen LogP contribution in [0.2, 0.25) is 0 Å². The average molecular weight is 264 g/mol. The zero-order valence-corrected chi connectivity index (χ0v) is 11.2. The van der Waals surface area contributed by atoms with Crippen molar-refractivity contribution in [1.82, 2.24) is 4.98 Å². The van der Waals surface area contributed by atoms with Gasteiger partial charge in [0.2, 0.25) is 0 Å². The summed E-state index contributed by atoms with van der Waals surface area (Å²) in [7, 11) is 0. The predicted octanol–water partition coefficient (Wildman–Crippen LogP) is -1.54. The van der Waals surface area contributed by atoms with Crippen LogP contribution in [0.15, 0.2) is 8.13 Å². The van der Waals surface area contributed by atoms with Crippen LogP contribution in [0.5, 0.6) is 0 Å². The first kappa shape index (κ1) is 12.2. The fourth-order valence-corrected chi connectivity index (χ4v) is 2.90. The van der Waals surface area contributed by atoms with Crippen LogP contribution in [-0.2, 0) is 11.1 Å². The van der Waals surface area contributed by atoms with Gasteiger partial charge in [-0.3, -0.25) is 4.21 Å². The zero-order chi connectivity index (χ0) is 7.72. The molecule has 0 amide bonds. The second kappa shape index (κ2) is 5.06. The first-order chi connectivity index (χ1) is 4.61. The van der Waals surface area contributed by atoms with Crippen molar-refractivity contribution in [2.24, 2.45) is 0 Å². The fraction of sp³-hybridized carbons (Fsp3) is 0.250. The molecule has 56 valence electrons. The summed E-state index contributed by atoms with van der Waals surface area (Å²) in [5.41, 5.74) is 0.546. The second-order valence-electron chi connectivity index (χ2n) is 1.57. The minimum atomic E-state index is -2.14. The van der Waals surface area contributed by atoms with Gasteiger partial charge in [0, 0.05) is 0 Å². The molecule has 1 atom stereocenters. The number of rotatable bonds is 1. The number of aryl methyl sites for hydroxylation is 1. The van der Waals surface area contributed by atoms with Crippen molar-refractivity contribution in [2.45, 2.75) is 11.1 Å². The Labute approximate surface area is 101 Å². The first-order valence-corrected chi connectivity index (χ1v) is 5.02. The van der Waals surface area contributed by atoms with Gasteiger partial charge in [-0.25, -0.2) is 4.98 Å². The molecule has 0 aromatic carbocycles. The molecule has 0 radical (unpaired) electrons. The molecule has 0 bridgehead atoms. The molecule has 0 N–H and O–H groups in total. The van der Waals surface area contributed by atoms with E-state index < -0.39 is 11.1 Å². The van der Waals surface area contributed by atoms with Gasteiger partial charge in [0.25, 0.3) is 0 Å². The van der Waals surface area contributed by atoms with Gasteiger partial charge in [-0.1, -0.05) is 11.3 Å². The topological polar surface area (TPSA) is 53.0 Å². The Bertz CT molecular complexity index is 277. The van der Waals surface area contributed by atoms with E-state index in [9.17, 15) is 8.76 Å². The van der Waals surface area contributed by atoms with E-state index >= 15 is 0 Å². The van der Waals surface area contributed by atoms with E-state index in [2.05, 4.69) is 20.9 Å². The van der Waals surface area contributed by atoms with Crippen molar-refractivity contribution < 1.29 is 38.3 Å². The Kier molecular flexibility index (Phi) is 5.62. The molecule has 0 fully saturated rings. The summed E-state index contributed by atoms with van der Waals surface area (Å²) in [6.45, 7) is 1.66. The van der Waals surface area contributed by atoms with Crippen LogP contribution in [0.4, 0.5) is 0 Å². The van der Waals surface area contributed by atoms with E-state index in [4.69, 9.17) is 0 Å². The van der Waals surface area contributed by atoms with Crippen LogP contribution in [0.3, 0.4) is 0 Å². The molecule has 7 heteroatoms. The summed E-state index contributed by atoms with van der Waals surface area (Å²) in [6.07, 6.45) is 0. The Morgan fingerprint density at radius 2 is 2.27 bits per heavy atom. The molecule has 11 heavy (non-hydrogen) atoms. The molecule has 0 aliphatic rings. The van der Waals surface area contributed by atoms with Crippen LogP contribution in [0.1, 0.15) is 5.69 Å². The van der Waals surface area contributed by atoms with Gasteiger partial charge in [0.05, 0.1) is 5.69 Å². The van der Waals surface area contributed by atoms with Crippen LogP contribution in [0, 0.1) is 6.92 Å². The van der Waals surface area contributed by atoms with Gasteiger partial charge in [-0.2, -0.15) is 0 Å². The maximum absolute atomic E-state index is 10.4. The van der Waals surface area contributed by atoms with Crippen LogP contribution >= 0.6 is 27.3 Å². The molecule has 1 rings (SSSR count). The van der Waals surface area contributed by atoms with Crippen molar-refractivity contribution >= 4 is 38.3 Å². The molecule has 1 unspecified atom stereocenters. The molecule has 0 spiro atoms. The van der Waals surface area contributed by atoms with Crippen molar-refractivity contribution in [1.29, 1.82) is 0 Å². The van der Waals surface area contributed by atoms with Gasteiger partial charge in [-0.05, 0) is 33.9 Å². The number of aromatic nitrogens is 1. The predicted molar refractivity (Wildman–Crippen MR) is 41.7 cm³/mol. The van der Waals surface area contributed by atoms with Gasteiger partial charge in [-0.15, -0.1) is 0 Å². The molecular formula is C4H3BrNNaO2S2. The molecule has 1 aromatic heterocycles. The number of halogens is 1. The van der Waals surface area contributed by atoms with Crippen molar-refractivity contribution in [3.8, 4) is 0 Å². The Morgan fingerprint density at radius 1 is 1.73 bits per heavy atom.